The molecule has 0 aromatic heterocycles. The van der Waals surface area contributed by atoms with Gasteiger partial charge in [0.1, 0.15) is 11.6 Å². The van der Waals surface area contributed by atoms with Gasteiger partial charge in [-0.15, -0.1) is 0 Å². The van der Waals surface area contributed by atoms with Crippen LogP contribution in [0.3, 0.4) is 0 Å². The van der Waals surface area contributed by atoms with Crippen LogP contribution in [-0.4, -0.2) is 29.8 Å². The Labute approximate surface area is 127 Å². The Hall–Kier alpha value is -0.840. The van der Waals surface area contributed by atoms with E-state index in [9.17, 15) is 14.4 Å². The summed E-state index contributed by atoms with van der Waals surface area (Å²) in [6.07, 6.45) is 3.39. The highest BCUT2D eigenvalue weighted by atomic mass is 32.1. The molecule has 0 aliphatic heterocycles. The van der Waals surface area contributed by atoms with Gasteiger partial charge >= 0.3 is 0 Å². The van der Waals surface area contributed by atoms with E-state index in [0.717, 1.165) is 19.3 Å². The first-order valence-corrected chi connectivity index (χ1v) is 7.96. The second-order valence-electron chi connectivity index (χ2n) is 5.26. The van der Waals surface area contributed by atoms with Crippen LogP contribution in [0, 0.1) is 11.8 Å². The third-order valence-electron chi connectivity index (χ3n) is 3.50. The smallest absolute Gasteiger partial charge is 0.219 e. The molecule has 0 aliphatic rings. The van der Waals surface area contributed by atoms with E-state index in [0.29, 0.717) is 25.1 Å². The van der Waals surface area contributed by atoms with Crippen LogP contribution < -0.4 is 5.32 Å². The molecule has 4 nitrogen and oxygen atoms in total. The van der Waals surface area contributed by atoms with Gasteiger partial charge in [-0.25, -0.2) is 0 Å². The van der Waals surface area contributed by atoms with Crippen LogP contribution in [0.5, 0.6) is 0 Å². The molecule has 1 amide bonds. The molecule has 20 heavy (non-hydrogen) atoms. The van der Waals surface area contributed by atoms with Crippen molar-refractivity contribution in [2.45, 2.75) is 52.9 Å². The highest BCUT2D eigenvalue weighted by Crippen LogP contribution is 2.16. The molecular weight excluding hydrogens is 274 g/mol. The fourth-order valence-corrected chi connectivity index (χ4v) is 2.26. The zero-order valence-corrected chi connectivity index (χ0v) is 13.7. The number of rotatable bonds is 11. The van der Waals surface area contributed by atoms with Gasteiger partial charge in [-0.3, -0.25) is 14.4 Å². The van der Waals surface area contributed by atoms with Gasteiger partial charge in [0, 0.05) is 37.0 Å². The number of hydrogen-bond acceptors (Lipinski definition) is 4. The van der Waals surface area contributed by atoms with Crippen molar-refractivity contribution in [3.63, 3.8) is 0 Å². The summed E-state index contributed by atoms with van der Waals surface area (Å²) in [5.41, 5.74) is 0. The molecule has 0 saturated heterocycles. The second-order valence-corrected chi connectivity index (χ2v) is 5.63. The molecule has 0 aliphatic carbocycles. The Morgan fingerprint density at radius 2 is 1.85 bits per heavy atom. The van der Waals surface area contributed by atoms with Gasteiger partial charge in [0.25, 0.3) is 0 Å². The molecule has 0 fully saturated rings. The highest BCUT2D eigenvalue weighted by molar-refractivity contribution is 7.80. The number of carbonyl (C=O) groups excluding carboxylic acids is 3. The summed E-state index contributed by atoms with van der Waals surface area (Å²) in [7, 11) is 0. The third kappa shape index (κ3) is 8.35. The second kappa shape index (κ2) is 10.9. The van der Waals surface area contributed by atoms with E-state index < -0.39 is 0 Å². The average molecular weight is 301 g/mol. The van der Waals surface area contributed by atoms with E-state index in [1.165, 1.54) is 6.92 Å². The van der Waals surface area contributed by atoms with Crippen molar-refractivity contribution in [1.82, 2.24) is 5.32 Å². The molecular formula is C15H27NO3S. The third-order valence-corrected chi connectivity index (χ3v) is 3.94. The average Bonchev–Trinajstić information content (AvgIpc) is 2.42. The van der Waals surface area contributed by atoms with Crippen LogP contribution in [0.1, 0.15) is 52.9 Å². The summed E-state index contributed by atoms with van der Waals surface area (Å²) in [5, 5.41) is 2.81. The number of nitrogens with one attached hydrogen (secondary N) is 1. The molecule has 0 rings (SSSR count). The molecule has 0 spiro atoms. The Morgan fingerprint density at radius 1 is 1.20 bits per heavy atom. The van der Waals surface area contributed by atoms with E-state index in [-0.39, 0.29) is 29.3 Å². The fourth-order valence-electron chi connectivity index (χ4n) is 1.87. The van der Waals surface area contributed by atoms with E-state index in [1.807, 2.05) is 13.8 Å². The number of amides is 1. The predicted molar refractivity (Wildman–Crippen MR) is 84.0 cm³/mol. The van der Waals surface area contributed by atoms with Crippen LogP contribution in [0.4, 0.5) is 0 Å². The lowest BCUT2D eigenvalue weighted by Gasteiger charge is -2.14. The van der Waals surface area contributed by atoms with Crippen molar-refractivity contribution >= 4 is 30.1 Å². The van der Waals surface area contributed by atoms with Crippen LogP contribution in [-0.2, 0) is 14.4 Å². The first kappa shape index (κ1) is 19.2. The predicted octanol–water partition coefficient (Wildman–Crippen LogP) is 2.41. The minimum Gasteiger partial charge on any atom is -0.356 e. The number of ketones is 2. The maximum Gasteiger partial charge on any atom is 0.219 e. The molecule has 5 heteroatoms. The van der Waals surface area contributed by atoms with Gasteiger partial charge in [-0.1, -0.05) is 20.3 Å². The molecule has 0 bridgehead atoms. The summed E-state index contributed by atoms with van der Waals surface area (Å²) in [6, 6.07) is 0. The maximum absolute atomic E-state index is 12.0. The van der Waals surface area contributed by atoms with E-state index in [2.05, 4.69) is 17.9 Å². The minimum atomic E-state index is -0.253. The van der Waals surface area contributed by atoms with Gasteiger partial charge in [-0.05, 0) is 19.8 Å². The zero-order chi connectivity index (χ0) is 15.5. The van der Waals surface area contributed by atoms with Crippen molar-refractivity contribution in [2.24, 2.45) is 11.8 Å². The van der Waals surface area contributed by atoms with E-state index in [4.69, 9.17) is 0 Å². The molecule has 0 radical (unpaired) electrons. The summed E-state index contributed by atoms with van der Waals surface area (Å²) in [4.78, 5) is 34.3. The van der Waals surface area contributed by atoms with Crippen molar-refractivity contribution in [3.8, 4) is 0 Å². The van der Waals surface area contributed by atoms with Crippen molar-refractivity contribution in [2.75, 3.05) is 12.3 Å². The number of Topliss-reactive ketones (excluding diaryl/α,β-unsaturated/α-hetero) is 2. The molecule has 2 unspecified atom stereocenters. The molecule has 0 aromatic rings. The lowest BCUT2D eigenvalue weighted by atomic mass is 9.91. The fraction of sp³-hybridized carbons (Fsp3) is 0.800. The summed E-state index contributed by atoms with van der Waals surface area (Å²) < 4.78 is 0. The first-order chi connectivity index (χ1) is 9.42. The van der Waals surface area contributed by atoms with Crippen molar-refractivity contribution < 1.29 is 14.4 Å². The van der Waals surface area contributed by atoms with Gasteiger partial charge in [0.2, 0.25) is 5.91 Å². The van der Waals surface area contributed by atoms with Gasteiger partial charge in [0.05, 0.1) is 0 Å². The van der Waals surface area contributed by atoms with Crippen LogP contribution >= 0.6 is 12.6 Å². The van der Waals surface area contributed by atoms with Crippen molar-refractivity contribution in [3.05, 3.63) is 0 Å². The Balaban J connectivity index is 3.85. The molecule has 116 valence electrons. The number of hydrogen-bond donors (Lipinski definition) is 2. The number of unbranched alkanes of at least 4 members (excludes halogenated alkanes) is 1. The normalized spacial score (nSPS) is 13.6. The zero-order valence-electron chi connectivity index (χ0n) is 12.8. The molecule has 1 N–H and O–H groups in total. The SMILES string of the molecule is CCC(=O)NCCCCC(C)C(=O)CC(CS)C(C)=O. The molecule has 0 aromatic carbocycles. The summed E-state index contributed by atoms with van der Waals surface area (Å²) in [5.74, 6) is 0.374. The maximum atomic E-state index is 12.0. The Morgan fingerprint density at radius 3 is 2.35 bits per heavy atom. The topological polar surface area (TPSA) is 63.2 Å². The van der Waals surface area contributed by atoms with E-state index >= 15 is 0 Å². The van der Waals surface area contributed by atoms with Crippen molar-refractivity contribution in [1.29, 1.82) is 0 Å². The van der Waals surface area contributed by atoms with Gasteiger partial charge < -0.3 is 5.32 Å². The molecule has 0 heterocycles. The monoisotopic (exact) mass is 301 g/mol. The van der Waals surface area contributed by atoms with Gasteiger partial charge in [-0.2, -0.15) is 12.6 Å². The molecule has 2 atom stereocenters. The largest absolute Gasteiger partial charge is 0.356 e. The van der Waals surface area contributed by atoms with Crippen LogP contribution in [0.2, 0.25) is 0 Å². The quantitative estimate of drug-likeness (QED) is 0.455. The first-order valence-electron chi connectivity index (χ1n) is 7.33. The minimum absolute atomic E-state index is 0.0291. The Kier molecular flexibility index (Phi) is 10.4. The van der Waals surface area contributed by atoms with Crippen LogP contribution in [0.15, 0.2) is 0 Å². The number of carbonyl (C=O) groups is 3. The lowest BCUT2D eigenvalue weighted by Crippen LogP contribution is -2.24. The van der Waals surface area contributed by atoms with E-state index in [1.54, 1.807) is 0 Å². The Bertz CT molecular complexity index is 331. The summed E-state index contributed by atoms with van der Waals surface area (Å²) in [6.45, 7) is 5.90. The standard InChI is InChI=1S/C15H27NO3S/c1-4-15(19)16-8-6-5-7-11(2)14(18)9-13(10-20)12(3)17/h11,13,20H,4-10H2,1-3H3,(H,16,19). The molecule has 0 saturated carbocycles. The van der Waals surface area contributed by atoms with Gasteiger partial charge in [0.15, 0.2) is 0 Å². The lowest BCUT2D eigenvalue weighted by molar-refractivity contribution is -0.128. The summed E-state index contributed by atoms with van der Waals surface area (Å²) >= 11 is 4.11. The highest BCUT2D eigenvalue weighted by Gasteiger charge is 2.20. The van der Waals surface area contributed by atoms with Crippen LogP contribution in [0.25, 0.3) is 0 Å². The number of thiol groups is 1.